The lowest BCUT2D eigenvalue weighted by molar-refractivity contribution is -0.160. The molecule has 6 nitrogen and oxygen atoms in total. The van der Waals surface area contributed by atoms with Crippen molar-refractivity contribution in [2.24, 2.45) is 5.73 Å². The van der Waals surface area contributed by atoms with Crippen LogP contribution in [-0.2, 0) is 20.5 Å². The Balaban J connectivity index is 2.23. The maximum Gasteiger partial charge on any atom is 0.416 e. The van der Waals surface area contributed by atoms with Gasteiger partial charge in [0, 0.05) is 11.8 Å². The summed E-state index contributed by atoms with van der Waals surface area (Å²) in [6.45, 7) is 3.94. The first kappa shape index (κ1) is 22.8. The molecule has 11 heteroatoms. The molecule has 0 unspecified atom stereocenters. The molecule has 0 saturated heterocycles. The molecule has 1 heterocycles. The minimum Gasteiger partial charge on any atom is -0.450 e. The molecule has 0 spiro atoms. The number of nitrogens with one attached hydrogen (secondary N) is 1. The number of hydrogen-bond acceptors (Lipinski definition) is 6. The molecule has 29 heavy (non-hydrogen) atoms. The number of hydrogen-bond donors (Lipinski definition) is 2. The molecule has 2 aromatic rings. The maximum absolute atomic E-state index is 12.7. The van der Waals surface area contributed by atoms with Crippen molar-refractivity contribution in [1.29, 1.82) is 0 Å². The second-order valence-corrected chi connectivity index (χ2v) is 8.78. The van der Waals surface area contributed by atoms with Gasteiger partial charge in [0.05, 0.1) is 15.3 Å². The summed E-state index contributed by atoms with van der Waals surface area (Å²) in [6, 6.07) is 5.95. The molecule has 2 amide bonds. The van der Waals surface area contributed by atoms with Gasteiger partial charge in [-0.15, -0.1) is 11.3 Å². The molecule has 0 atom stereocenters. The van der Waals surface area contributed by atoms with Gasteiger partial charge in [-0.25, -0.2) is 0 Å². The zero-order valence-corrected chi connectivity index (χ0v) is 17.2. The van der Waals surface area contributed by atoms with E-state index in [-0.39, 0.29) is 10.6 Å². The average molecular weight is 446 g/mol. The molecule has 156 valence electrons. The Morgan fingerprint density at radius 3 is 2.21 bits per heavy atom. The van der Waals surface area contributed by atoms with Crippen LogP contribution in [0.15, 0.2) is 39.4 Å². The number of thiophene rings is 1. The zero-order valence-electron chi connectivity index (χ0n) is 15.5. The molecular weight excluding hydrogens is 429 g/mol. The number of alkyl halides is 3. The Bertz CT molecular complexity index is 938. The summed E-state index contributed by atoms with van der Waals surface area (Å²) < 4.78 is 43.5. The quantitative estimate of drug-likeness (QED) is 0.645. The Morgan fingerprint density at radius 1 is 1.14 bits per heavy atom. The van der Waals surface area contributed by atoms with Crippen molar-refractivity contribution in [3.63, 3.8) is 0 Å². The number of carbonyl (C=O) groups excluding carboxylic acids is 3. The number of benzene rings is 1. The number of ether oxygens (including phenoxy) is 1. The summed E-state index contributed by atoms with van der Waals surface area (Å²) in [5, 5.41) is 2.66. The topological polar surface area (TPSA) is 98.5 Å². The number of halogens is 3. The Labute approximate surface area is 172 Å². The highest BCUT2D eigenvalue weighted by molar-refractivity contribution is 8.01. The number of esters is 1. The van der Waals surface area contributed by atoms with Crippen LogP contribution in [0, 0.1) is 0 Å². The van der Waals surface area contributed by atoms with Crippen LogP contribution in [0.1, 0.15) is 36.7 Å². The third-order valence-corrected chi connectivity index (χ3v) is 5.72. The van der Waals surface area contributed by atoms with Crippen LogP contribution in [-0.4, -0.2) is 23.4 Å². The first-order valence-corrected chi connectivity index (χ1v) is 9.72. The van der Waals surface area contributed by atoms with E-state index in [4.69, 9.17) is 10.5 Å². The molecule has 0 aliphatic rings. The predicted octanol–water partition coefficient (Wildman–Crippen LogP) is 4.30. The number of anilines is 1. The molecule has 0 fully saturated rings. The van der Waals surface area contributed by atoms with Crippen LogP contribution in [0.4, 0.5) is 18.2 Å². The van der Waals surface area contributed by atoms with Crippen LogP contribution in [0.25, 0.3) is 0 Å². The second kappa shape index (κ2) is 8.46. The summed E-state index contributed by atoms with van der Waals surface area (Å²) in [5.74, 6) is -2.10. The molecule has 0 bridgehead atoms. The number of rotatable bonds is 6. The van der Waals surface area contributed by atoms with Gasteiger partial charge >= 0.3 is 12.1 Å². The first-order chi connectivity index (χ1) is 13.3. The van der Waals surface area contributed by atoms with Crippen molar-refractivity contribution in [2.75, 3.05) is 5.32 Å². The Hall–Kier alpha value is -2.53. The highest BCUT2D eigenvalue weighted by Crippen LogP contribution is 2.40. The van der Waals surface area contributed by atoms with E-state index in [1.54, 1.807) is 0 Å². The second-order valence-electron chi connectivity index (χ2n) is 6.35. The van der Waals surface area contributed by atoms with E-state index in [0.717, 1.165) is 42.2 Å². The monoisotopic (exact) mass is 446 g/mol. The van der Waals surface area contributed by atoms with E-state index in [0.29, 0.717) is 9.10 Å². The van der Waals surface area contributed by atoms with Crippen molar-refractivity contribution < 1.29 is 32.3 Å². The van der Waals surface area contributed by atoms with Gasteiger partial charge in [-0.05, 0) is 44.2 Å². The standard InChI is InChI=1S/C18H17F3N2O4S2/c1-9(24)27-17(2,3)16(26)23-15-12(14(22)25)8-13(29-15)28-11-6-4-10(5-7-11)18(19,20)21/h4-8H,1-3H3,(H2,22,25)(H,23,26). The number of primary amides is 1. The SMILES string of the molecule is CC(=O)OC(C)(C)C(=O)Nc1sc(Sc2ccc(C(F)(F)F)cc2)cc1C(N)=O. The largest absolute Gasteiger partial charge is 0.450 e. The lowest BCUT2D eigenvalue weighted by Crippen LogP contribution is -2.41. The van der Waals surface area contributed by atoms with Crippen molar-refractivity contribution in [2.45, 2.75) is 41.7 Å². The Kier molecular flexibility index (Phi) is 6.63. The van der Waals surface area contributed by atoms with E-state index in [1.165, 1.54) is 32.0 Å². The third-order valence-electron chi connectivity index (χ3n) is 3.55. The van der Waals surface area contributed by atoms with Crippen LogP contribution >= 0.6 is 23.1 Å². The number of nitrogens with two attached hydrogens (primary N) is 1. The summed E-state index contributed by atoms with van der Waals surface area (Å²) >= 11 is 2.13. The molecule has 0 saturated carbocycles. The minimum atomic E-state index is -4.43. The molecule has 0 radical (unpaired) electrons. The van der Waals surface area contributed by atoms with Gasteiger partial charge in [-0.2, -0.15) is 13.2 Å². The van der Waals surface area contributed by atoms with E-state index >= 15 is 0 Å². The van der Waals surface area contributed by atoms with Gasteiger partial charge in [-0.1, -0.05) is 11.8 Å². The smallest absolute Gasteiger partial charge is 0.416 e. The van der Waals surface area contributed by atoms with E-state index in [1.807, 2.05) is 0 Å². The third kappa shape index (κ3) is 5.97. The fourth-order valence-electron chi connectivity index (χ4n) is 2.18. The normalized spacial score (nSPS) is 11.8. The molecule has 0 aliphatic heterocycles. The number of carbonyl (C=O) groups is 3. The summed E-state index contributed by atoms with van der Waals surface area (Å²) in [7, 11) is 0. The van der Waals surface area contributed by atoms with Crippen LogP contribution in [0.2, 0.25) is 0 Å². The van der Waals surface area contributed by atoms with Crippen LogP contribution in [0.3, 0.4) is 0 Å². The van der Waals surface area contributed by atoms with Crippen molar-refractivity contribution in [3.8, 4) is 0 Å². The van der Waals surface area contributed by atoms with Crippen LogP contribution in [0.5, 0.6) is 0 Å². The minimum absolute atomic E-state index is 0.0383. The molecule has 1 aromatic carbocycles. The van der Waals surface area contributed by atoms with Crippen molar-refractivity contribution in [1.82, 2.24) is 0 Å². The summed E-state index contributed by atoms with van der Waals surface area (Å²) in [6.07, 6.45) is -4.43. The van der Waals surface area contributed by atoms with Crippen molar-refractivity contribution >= 4 is 45.9 Å². The lowest BCUT2D eigenvalue weighted by atomic mass is 10.1. The molecule has 1 aromatic heterocycles. The van der Waals surface area contributed by atoms with Gasteiger partial charge in [0.1, 0.15) is 5.00 Å². The van der Waals surface area contributed by atoms with Crippen molar-refractivity contribution in [3.05, 3.63) is 41.5 Å². The predicted molar refractivity (Wildman–Crippen MR) is 103 cm³/mol. The molecular formula is C18H17F3N2O4S2. The summed E-state index contributed by atoms with van der Waals surface area (Å²) in [4.78, 5) is 35.8. The fourth-order valence-corrected chi connectivity index (χ4v) is 4.36. The van der Waals surface area contributed by atoms with Gasteiger partial charge < -0.3 is 15.8 Å². The van der Waals surface area contributed by atoms with E-state index < -0.39 is 35.1 Å². The highest BCUT2D eigenvalue weighted by Gasteiger charge is 2.32. The van der Waals surface area contributed by atoms with Gasteiger partial charge in [0.15, 0.2) is 5.60 Å². The average Bonchev–Trinajstić information content (AvgIpc) is 2.96. The summed E-state index contributed by atoms with van der Waals surface area (Å²) in [5.41, 5.74) is 3.14. The van der Waals surface area contributed by atoms with Crippen LogP contribution < -0.4 is 11.1 Å². The highest BCUT2D eigenvalue weighted by atomic mass is 32.2. The Morgan fingerprint density at radius 2 is 1.72 bits per heavy atom. The maximum atomic E-state index is 12.7. The van der Waals surface area contributed by atoms with E-state index in [2.05, 4.69) is 5.32 Å². The van der Waals surface area contributed by atoms with Gasteiger partial charge in [0.25, 0.3) is 11.8 Å². The fraction of sp³-hybridized carbons (Fsp3) is 0.278. The zero-order chi connectivity index (χ0) is 22.0. The molecule has 0 aliphatic carbocycles. The van der Waals surface area contributed by atoms with Gasteiger partial charge in [-0.3, -0.25) is 14.4 Å². The first-order valence-electron chi connectivity index (χ1n) is 8.09. The van der Waals surface area contributed by atoms with Gasteiger partial charge in [0.2, 0.25) is 0 Å². The van der Waals surface area contributed by atoms with E-state index in [9.17, 15) is 27.6 Å². The lowest BCUT2D eigenvalue weighted by Gasteiger charge is -2.22. The molecule has 3 N–H and O–H groups in total. The molecule has 2 rings (SSSR count). The number of amides is 2.